The van der Waals surface area contributed by atoms with Gasteiger partial charge in [-0.1, -0.05) is 0 Å². The Bertz CT molecular complexity index is 333. The zero-order chi connectivity index (χ0) is 9.35. The van der Waals surface area contributed by atoms with E-state index in [-0.39, 0.29) is 5.56 Å². The fraction of sp³-hybridized carbons (Fsp3) is 0.444. The van der Waals surface area contributed by atoms with E-state index in [0.29, 0.717) is 5.56 Å². The van der Waals surface area contributed by atoms with Crippen LogP contribution in [0.1, 0.15) is 25.1 Å². The molecule has 0 aliphatic rings. The molecule has 0 atom stereocenters. The molecule has 0 aliphatic heterocycles. The molecule has 0 saturated carbocycles. The Labute approximate surface area is 71.6 Å². The molecular weight excluding hydrogens is 152 g/mol. The van der Waals surface area contributed by atoms with E-state index in [4.69, 9.17) is 5.73 Å². The number of hydrogen-bond donors (Lipinski definition) is 2. The van der Waals surface area contributed by atoms with E-state index < -0.39 is 5.54 Å². The fourth-order valence-corrected chi connectivity index (χ4v) is 1.08. The number of aromatic amines is 1. The van der Waals surface area contributed by atoms with Crippen LogP contribution in [0.3, 0.4) is 0 Å². The Morgan fingerprint density at radius 2 is 2.00 bits per heavy atom. The summed E-state index contributed by atoms with van der Waals surface area (Å²) < 4.78 is 0. The first kappa shape index (κ1) is 9.00. The van der Waals surface area contributed by atoms with E-state index in [0.717, 1.165) is 5.69 Å². The van der Waals surface area contributed by atoms with Crippen molar-refractivity contribution >= 4 is 0 Å². The molecule has 1 aromatic rings. The van der Waals surface area contributed by atoms with E-state index in [1.54, 1.807) is 6.07 Å². The number of pyridine rings is 1. The molecule has 0 aromatic carbocycles. The molecule has 66 valence electrons. The summed E-state index contributed by atoms with van der Waals surface area (Å²) in [6.45, 7) is 5.47. The molecule has 1 aromatic heterocycles. The zero-order valence-electron chi connectivity index (χ0n) is 7.64. The smallest absolute Gasteiger partial charge is 0.253 e. The number of H-pyrrole nitrogens is 1. The second-order valence-electron chi connectivity index (χ2n) is 3.61. The molecule has 0 saturated heterocycles. The molecule has 1 heterocycles. The third-order valence-corrected chi connectivity index (χ3v) is 1.75. The third-order valence-electron chi connectivity index (χ3n) is 1.75. The Morgan fingerprint density at radius 3 is 2.42 bits per heavy atom. The Kier molecular flexibility index (Phi) is 2.06. The van der Waals surface area contributed by atoms with Crippen molar-refractivity contribution in [1.29, 1.82) is 0 Å². The van der Waals surface area contributed by atoms with Crippen molar-refractivity contribution in [2.75, 3.05) is 0 Å². The maximum absolute atomic E-state index is 11.4. The van der Waals surface area contributed by atoms with Gasteiger partial charge in [-0.15, -0.1) is 0 Å². The van der Waals surface area contributed by atoms with Gasteiger partial charge >= 0.3 is 0 Å². The van der Waals surface area contributed by atoms with Gasteiger partial charge in [0, 0.05) is 16.8 Å². The van der Waals surface area contributed by atoms with Crippen LogP contribution in [0, 0.1) is 6.92 Å². The number of nitrogens with two attached hydrogens (primary N) is 1. The lowest BCUT2D eigenvalue weighted by Crippen LogP contribution is -2.35. The molecule has 3 nitrogen and oxygen atoms in total. The van der Waals surface area contributed by atoms with Gasteiger partial charge in [-0.25, -0.2) is 0 Å². The Balaban J connectivity index is 3.29. The lowest BCUT2D eigenvalue weighted by molar-refractivity contribution is 0.546. The maximum atomic E-state index is 11.4. The van der Waals surface area contributed by atoms with Gasteiger partial charge in [0.05, 0.1) is 0 Å². The first-order valence-corrected chi connectivity index (χ1v) is 3.90. The van der Waals surface area contributed by atoms with Crippen molar-refractivity contribution in [2.45, 2.75) is 26.3 Å². The molecule has 0 fully saturated rings. The average Bonchev–Trinajstić information content (AvgIpc) is 1.83. The number of hydrogen-bond acceptors (Lipinski definition) is 2. The van der Waals surface area contributed by atoms with Crippen LogP contribution in [-0.4, -0.2) is 4.98 Å². The highest BCUT2D eigenvalue weighted by Crippen LogP contribution is 2.11. The largest absolute Gasteiger partial charge is 0.326 e. The molecule has 3 heteroatoms. The second kappa shape index (κ2) is 2.75. The summed E-state index contributed by atoms with van der Waals surface area (Å²) in [4.78, 5) is 14.1. The summed E-state index contributed by atoms with van der Waals surface area (Å²) in [6, 6.07) is 3.62. The van der Waals surface area contributed by atoms with E-state index in [1.807, 2.05) is 26.8 Å². The van der Waals surface area contributed by atoms with Gasteiger partial charge in [-0.2, -0.15) is 0 Å². The summed E-state index contributed by atoms with van der Waals surface area (Å²) in [5.41, 5.74) is 6.60. The lowest BCUT2D eigenvalue weighted by Gasteiger charge is -2.17. The minimum Gasteiger partial charge on any atom is -0.326 e. The van der Waals surface area contributed by atoms with Crippen molar-refractivity contribution < 1.29 is 0 Å². The Hall–Kier alpha value is -1.09. The molecule has 0 amide bonds. The highest BCUT2D eigenvalue weighted by molar-refractivity contribution is 5.20. The van der Waals surface area contributed by atoms with Crippen LogP contribution in [0.5, 0.6) is 0 Å². The van der Waals surface area contributed by atoms with E-state index in [2.05, 4.69) is 4.98 Å². The standard InChI is InChI=1S/C9H14N2O/c1-6-4-5-7(8(12)11-6)9(2,3)10/h4-5H,10H2,1-3H3,(H,11,12). The van der Waals surface area contributed by atoms with Gasteiger partial charge < -0.3 is 10.7 Å². The molecule has 3 N–H and O–H groups in total. The quantitative estimate of drug-likeness (QED) is 0.650. The molecule has 0 bridgehead atoms. The molecule has 0 aliphatic carbocycles. The van der Waals surface area contributed by atoms with Crippen LogP contribution in [0.4, 0.5) is 0 Å². The molecule has 0 radical (unpaired) electrons. The van der Waals surface area contributed by atoms with Gasteiger partial charge in [0.15, 0.2) is 0 Å². The van der Waals surface area contributed by atoms with Gasteiger partial charge in [-0.3, -0.25) is 4.79 Å². The summed E-state index contributed by atoms with van der Waals surface area (Å²) >= 11 is 0. The van der Waals surface area contributed by atoms with Gasteiger partial charge in [0.25, 0.3) is 5.56 Å². The van der Waals surface area contributed by atoms with Crippen molar-refractivity contribution in [3.63, 3.8) is 0 Å². The van der Waals surface area contributed by atoms with Gasteiger partial charge in [0.2, 0.25) is 0 Å². The summed E-state index contributed by atoms with van der Waals surface area (Å²) in [5, 5.41) is 0. The highest BCUT2D eigenvalue weighted by Gasteiger charge is 2.17. The lowest BCUT2D eigenvalue weighted by atomic mass is 9.97. The summed E-state index contributed by atoms with van der Waals surface area (Å²) in [7, 11) is 0. The minimum atomic E-state index is -0.568. The van der Waals surface area contributed by atoms with Crippen molar-refractivity contribution in [3.05, 3.63) is 33.7 Å². The van der Waals surface area contributed by atoms with Crippen LogP contribution in [-0.2, 0) is 5.54 Å². The highest BCUT2D eigenvalue weighted by atomic mass is 16.1. The molecular formula is C9H14N2O. The topological polar surface area (TPSA) is 58.9 Å². The molecule has 12 heavy (non-hydrogen) atoms. The number of nitrogens with one attached hydrogen (secondary N) is 1. The zero-order valence-corrected chi connectivity index (χ0v) is 7.64. The molecule has 1 rings (SSSR count). The summed E-state index contributed by atoms with van der Waals surface area (Å²) in [5.74, 6) is 0. The average molecular weight is 166 g/mol. The predicted molar refractivity (Wildman–Crippen MR) is 49.0 cm³/mol. The van der Waals surface area contributed by atoms with E-state index in [9.17, 15) is 4.79 Å². The number of rotatable bonds is 1. The van der Waals surface area contributed by atoms with Crippen molar-refractivity contribution in [2.24, 2.45) is 5.73 Å². The van der Waals surface area contributed by atoms with Gasteiger partial charge in [-0.05, 0) is 32.9 Å². The minimum absolute atomic E-state index is 0.0949. The summed E-state index contributed by atoms with van der Waals surface area (Å²) in [6.07, 6.45) is 0. The second-order valence-corrected chi connectivity index (χ2v) is 3.61. The maximum Gasteiger partial charge on any atom is 0.253 e. The number of aryl methyl sites for hydroxylation is 1. The van der Waals surface area contributed by atoms with Gasteiger partial charge in [0.1, 0.15) is 0 Å². The van der Waals surface area contributed by atoms with Crippen LogP contribution in [0.2, 0.25) is 0 Å². The SMILES string of the molecule is Cc1ccc(C(C)(C)N)c(=O)[nH]1. The van der Waals surface area contributed by atoms with Crippen molar-refractivity contribution in [3.8, 4) is 0 Å². The predicted octanol–water partition coefficient (Wildman–Crippen LogP) is 0.877. The van der Waals surface area contributed by atoms with Crippen LogP contribution >= 0.6 is 0 Å². The fourth-order valence-electron chi connectivity index (χ4n) is 1.08. The first-order chi connectivity index (χ1) is 5.41. The van der Waals surface area contributed by atoms with Crippen LogP contribution < -0.4 is 11.3 Å². The third kappa shape index (κ3) is 1.74. The van der Waals surface area contributed by atoms with E-state index in [1.165, 1.54) is 0 Å². The van der Waals surface area contributed by atoms with Crippen LogP contribution in [0.25, 0.3) is 0 Å². The van der Waals surface area contributed by atoms with E-state index >= 15 is 0 Å². The van der Waals surface area contributed by atoms with Crippen molar-refractivity contribution in [1.82, 2.24) is 4.98 Å². The Morgan fingerprint density at radius 1 is 1.42 bits per heavy atom. The molecule has 0 unspecified atom stereocenters. The molecule has 0 spiro atoms. The number of aromatic nitrogens is 1. The first-order valence-electron chi connectivity index (χ1n) is 3.90. The monoisotopic (exact) mass is 166 g/mol. The normalized spacial score (nSPS) is 11.7. The van der Waals surface area contributed by atoms with Crippen LogP contribution in [0.15, 0.2) is 16.9 Å².